The number of hydrogen-bond acceptors (Lipinski definition) is 8. The molecular weight excluding hydrogens is 509 g/mol. The third kappa shape index (κ3) is 6.39. The van der Waals surface area contributed by atoms with Crippen LogP contribution in [-0.2, 0) is 6.54 Å². The second-order valence-corrected chi connectivity index (χ2v) is 8.99. The molecule has 2 aliphatic heterocycles. The zero-order chi connectivity index (χ0) is 26.7. The smallest absolute Gasteiger partial charge is 0.490 e. The molecule has 202 valence electrons. The molecule has 1 aromatic heterocycles. The van der Waals surface area contributed by atoms with Gasteiger partial charge in [-0.2, -0.15) is 0 Å². The van der Waals surface area contributed by atoms with Crippen LogP contribution in [0, 0.1) is 10.1 Å². The quantitative estimate of drug-likeness (QED) is 0.295. The van der Waals surface area contributed by atoms with Crippen molar-refractivity contribution in [2.24, 2.45) is 0 Å². The summed E-state index contributed by atoms with van der Waals surface area (Å²) in [5.41, 5.74) is 1.05. The second kappa shape index (κ2) is 10.7. The minimum atomic E-state index is -4.72. The summed E-state index contributed by atoms with van der Waals surface area (Å²) in [6, 6.07) is 13.4. The van der Waals surface area contributed by atoms with Gasteiger partial charge in [0.05, 0.1) is 0 Å². The third-order valence-electron chi connectivity index (χ3n) is 6.32. The first-order chi connectivity index (χ1) is 18.2. The number of ether oxygens (including phenoxy) is 4. The van der Waals surface area contributed by atoms with Gasteiger partial charge in [0.2, 0.25) is 0 Å². The van der Waals surface area contributed by atoms with E-state index in [9.17, 15) is 23.3 Å². The number of nitro groups is 1. The number of aryl methyl sites for hydroxylation is 1. The molecule has 0 N–H and O–H groups in total. The summed E-state index contributed by atoms with van der Waals surface area (Å²) in [5, 5.41) is 10.9. The molecule has 1 saturated heterocycles. The summed E-state index contributed by atoms with van der Waals surface area (Å²) in [6.45, 7) is 2.41. The summed E-state index contributed by atoms with van der Waals surface area (Å²) < 4.78 is 60.0. The Balaban J connectivity index is 1.06. The molecule has 0 unspecified atom stereocenters. The van der Waals surface area contributed by atoms with Gasteiger partial charge >= 0.3 is 18.2 Å². The Morgan fingerprint density at radius 1 is 0.974 bits per heavy atom. The van der Waals surface area contributed by atoms with E-state index < -0.39 is 11.3 Å². The van der Waals surface area contributed by atoms with E-state index in [1.54, 1.807) is 4.57 Å². The van der Waals surface area contributed by atoms with Crippen LogP contribution in [0.1, 0.15) is 19.3 Å². The van der Waals surface area contributed by atoms with Crippen LogP contribution in [-0.4, -0.2) is 52.7 Å². The van der Waals surface area contributed by atoms with Gasteiger partial charge in [-0.1, -0.05) is 0 Å². The fourth-order valence-corrected chi connectivity index (χ4v) is 4.42. The highest BCUT2D eigenvalue weighted by Gasteiger charge is 2.31. The Hall–Kier alpha value is -4.16. The van der Waals surface area contributed by atoms with Gasteiger partial charge in [-0.15, -0.1) is 13.2 Å². The number of alkyl halides is 3. The van der Waals surface area contributed by atoms with Crippen molar-refractivity contribution >= 4 is 11.5 Å². The van der Waals surface area contributed by atoms with Crippen LogP contribution in [0.4, 0.5) is 24.7 Å². The lowest BCUT2D eigenvalue weighted by molar-refractivity contribution is -0.389. The van der Waals surface area contributed by atoms with Crippen molar-refractivity contribution in [3.63, 3.8) is 0 Å². The predicted molar refractivity (Wildman–Crippen MR) is 129 cm³/mol. The van der Waals surface area contributed by atoms with E-state index in [-0.39, 0.29) is 29.8 Å². The lowest BCUT2D eigenvalue weighted by Crippen LogP contribution is -2.38. The van der Waals surface area contributed by atoms with Crippen molar-refractivity contribution in [3.8, 4) is 23.3 Å². The minimum absolute atomic E-state index is 0.0317. The van der Waals surface area contributed by atoms with Crippen LogP contribution < -0.4 is 23.8 Å². The fraction of sp³-hybridized carbons (Fsp3) is 0.400. The number of anilines is 1. The van der Waals surface area contributed by atoms with E-state index in [0.29, 0.717) is 31.1 Å². The van der Waals surface area contributed by atoms with Crippen molar-refractivity contribution in [1.82, 2.24) is 9.55 Å². The molecule has 5 rings (SSSR count). The monoisotopic (exact) mass is 534 g/mol. The number of imidazole rings is 1. The normalized spacial score (nSPS) is 17.9. The first kappa shape index (κ1) is 25.5. The molecule has 1 atom stereocenters. The van der Waals surface area contributed by atoms with E-state index in [1.807, 2.05) is 24.3 Å². The molecule has 38 heavy (non-hydrogen) atoms. The summed E-state index contributed by atoms with van der Waals surface area (Å²) in [7, 11) is 0. The van der Waals surface area contributed by atoms with Gasteiger partial charge in [0.15, 0.2) is 0 Å². The average molecular weight is 534 g/mol. The van der Waals surface area contributed by atoms with Gasteiger partial charge in [-0.05, 0) is 53.5 Å². The van der Waals surface area contributed by atoms with E-state index in [1.165, 1.54) is 30.5 Å². The molecule has 13 heteroatoms. The summed E-state index contributed by atoms with van der Waals surface area (Å²) >= 11 is 0. The number of aromatic nitrogens is 2. The highest BCUT2D eigenvalue weighted by molar-refractivity contribution is 5.49. The Labute approximate surface area is 215 Å². The lowest BCUT2D eigenvalue weighted by atomic mass is 10.1. The number of hydrogen-bond donors (Lipinski definition) is 0. The number of benzene rings is 2. The number of rotatable bonds is 8. The van der Waals surface area contributed by atoms with E-state index in [0.717, 1.165) is 31.6 Å². The Morgan fingerprint density at radius 2 is 1.63 bits per heavy atom. The van der Waals surface area contributed by atoms with Crippen molar-refractivity contribution in [1.29, 1.82) is 0 Å². The maximum absolute atomic E-state index is 12.3. The molecule has 0 spiro atoms. The molecule has 3 aromatic rings. The molecule has 2 aliphatic rings. The Kier molecular flexibility index (Phi) is 7.16. The molecule has 2 aromatic carbocycles. The summed E-state index contributed by atoms with van der Waals surface area (Å²) in [6.07, 6.45) is -1.44. The SMILES string of the molecule is O=[N+]([O-])c1cn2c(n1)O[C@H](COc1ccc(N3CCC(Oc4ccc(OC(F)(F)F)cc4)CC3)cc1)CC2. The van der Waals surface area contributed by atoms with Crippen LogP contribution in [0.2, 0.25) is 0 Å². The molecule has 0 saturated carbocycles. The number of fused-ring (bicyclic) bond motifs is 1. The predicted octanol–water partition coefficient (Wildman–Crippen LogP) is 4.97. The van der Waals surface area contributed by atoms with Crippen molar-refractivity contribution in [3.05, 3.63) is 64.8 Å². The van der Waals surface area contributed by atoms with Crippen molar-refractivity contribution < 1.29 is 37.0 Å². The molecule has 0 amide bonds. The lowest BCUT2D eigenvalue weighted by Gasteiger charge is -2.33. The summed E-state index contributed by atoms with van der Waals surface area (Å²) in [4.78, 5) is 16.5. The molecule has 3 heterocycles. The number of nitrogens with zero attached hydrogens (tertiary/aromatic N) is 4. The molecule has 0 bridgehead atoms. The zero-order valence-corrected chi connectivity index (χ0v) is 20.2. The highest BCUT2D eigenvalue weighted by Crippen LogP contribution is 2.29. The topological polar surface area (TPSA) is 101 Å². The van der Waals surface area contributed by atoms with Gasteiger partial charge in [0.25, 0.3) is 0 Å². The standard InChI is InChI=1S/C25H25F3N4O6/c26-25(27,28)38-21-7-5-19(6-8-21)36-20-9-12-30(13-10-20)17-1-3-18(4-2-17)35-16-22-11-14-31-15-23(32(33)34)29-24(31)37-22/h1-8,15,20,22H,9-14,16H2/t22-/m0/s1. The maximum atomic E-state index is 12.3. The van der Waals surface area contributed by atoms with Crippen molar-refractivity contribution in [2.75, 3.05) is 24.6 Å². The first-order valence-corrected chi connectivity index (χ1v) is 12.1. The largest absolute Gasteiger partial charge is 0.573 e. The molecule has 1 fully saturated rings. The highest BCUT2D eigenvalue weighted by atomic mass is 19.4. The van der Waals surface area contributed by atoms with Crippen LogP contribution >= 0.6 is 0 Å². The van der Waals surface area contributed by atoms with Crippen LogP contribution in [0.3, 0.4) is 0 Å². The maximum Gasteiger partial charge on any atom is 0.573 e. The number of halogens is 3. The van der Waals surface area contributed by atoms with Crippen LogP contribution in [0.25, 0.3) is 0 Å². The van der Waals surface area contributed by atoms with E-state index in [2.05, 4.69) is 14.6 Å². The van der Waals surface area contributed by atoms with E-state index >= 15 is 0 Å². The third-order valence-corrected chi connectivity index (χ3v) is 6.32. The van der Waals surface area contributed by atoms with Crippen LogP contribution in [0.15, 0.2) is 54.7 Å². The minimum Gasteiger partial charge on any atom is -0.490 e. The first-order valence-electron chi connectivity index (χ1n) is 12.1. The average Bonchev–Trinajstić information content (AvgIpc) is 3.33. The molecular formula is C25H25F3N4O6. The Morgan fingerprint density at radius 3 is 2.29 bits per heavy atom. The number of piperidine rings is 1. The second-order valence-electron chi connectivity index (χ2n) is 8.99. The van der Waals surface area contributed by atoms with Gasteiger partial charge in [-0.25, -0.2) is 0 Å². The zero-order valence-electron chi connectivity index (χ0n) is 20.2. The Bertz CT molecular complexity index is 1240. The molecule has 0 aliphatic carbocycles. The molecule has 0 radical (unpaired) electrons. The van der Waals surface area contributed by atoms with Crippen molar-refractivity contribution in [2.45, 2.75) is 44.4 Å². The van der Waals surface area contributed by atoms with Crippen LogP contribution in [0.5, 0.6) is 23.3 Å². The molecule has 10 nitrogen and oxygen atoms in total. The van der Waals surface area contributed by atoms with Gasteiger partial charge in [-0.3, -0.25) is 4.57 Å². The van der Waals surface area contributed by atoms with E-state index in [4.69, 9.17) is 14.2 Å². The fourth-order valence-electron chi connectivity index (χ4n) is 4.42. The summed E-state index contributed by atoms with van der Waals surface area (Å²) in [5.74, 6) is 0.676. The van der Waals surface area contributed by atoms with Gasteiger partial charge in [0.1, 0.15) is 42.3 Å². The van der Waals surface area contributed by atoms with Gasteiger partial charge in [0, 0.05) is 49.6 Å². The van der Waals surface area contributed by atoms with Gasteiger partial charge < -0.3 is 34.0 Å².